The van der Waals surface area contributed by atoms with Crippen LogP contribution in [0, 0.1) is 0 Å². The Bertz CT molecular complexity index is 1020. The van der Waals surface area contributed by atoms with Gasteiger partial charge in [-0.3, -0.25) is 0 Å². The molecule has 144 valence electrons. The van der Waals surface area contributed by atoms with Gasteiger partial charge in [0.2, 0.25) is 5.13 Å². The summed E-state index contributed by atoms with van der Waals surface area (Å²) in [5.74, 6) is 0. The molecule has 0 saturated heterocycles. The fraction of sp³-hybridized carbons (Fsp3) is 0.158. The van der Waals surface area contributed by atoms with Gasteiger partial charge in [-0.05, 0) is 17.7 Å². The Hall–Kier alpha value is -2.42. The van der Waals surface area contributed by atoms with Crippen LogP contribution in [0.3, 0.4) is 0 Å². The van der Waals surface area contributed by atoms with Crippen LogP contribution in [0.2, 0.25) is 5.02 Å². The molecule has 1 atom stereocenters. The predicted octanol–water partition coefficient (Wildman–Crippen LogP) is 5.33. The average Bonchev–Trinajstić information content (AvgIpc) is 3.28. The van der Waals surface area contributed by atoms with Gasteiger partial charge in [0.05, 0.1) is 17.8 Å². The average molecular weight is 424 g/mol. The Morgan fingerprint density at radius 3 is 2.36 bits per heavy atom. The Labute approximate surface area is 167 Å². The number of halogens is 4. The zero-order valence-electron chi connectivity index (χ0n) is 14.2. The highest BCUT2D eigenvalue weighted by Crippen LogP contribution is 2.45. The Balaban J connectivity index is 1.75. The summed E-state index contributed by atoms with van der Waals surface area (Å²) >= 11 is 6.84. The minimum Gasteiger partial charge on any atom is -0.362 e. The van der Waals surface area contributed by atoms with E-state index in [1.807, 2.05) is 0 Å². The van der Waals surface area contributed by atoms with Crippen LogP contribution in [0.1, 0.15) is 12.0 Å². The van der Waals surface area contributed by atoms with Gasteiger partial charge in [0.25, 0.3) is 5.72 Å². The minimum absolute atomic E-state index is 0.0456. The Kier molecular flexibility index (Phi) is 4.65. The molecule has 4 rings (SSSR count). The summed E-state index contributed by atoms with van der Waals surface area (Å²) in [7, 11) is 0. The van der Waals surface area contributed by atoms with E-state index in [4.69, 9.17) is 11.6 Å². The topological polar surface area (TPSA) is 48.7 Å². The number of nitrogens with zero attached hydrogens (tertiary/aromatic N) is 3. The molecule has 0 fully saturated rings. The van der Waals surface area contributed by atoms with Gasteiger partial charge in [-0.25, -0.2) is 4.98 Å². The lowest BCUT2D eigenvalue weighted by atomic mass is 10.0. The second-order valence-electron chi connectivity index (χ2n) is 6.24. The van der Waals surface area contributed by atoms with E-state index >= 15 is 0 Å². The van der Waals surface area contributed by atoms with Gasteiger partial charge in [-0.2, -0.15) is 23.3 Å². The normalized spacial score (nSPS) is 19.8. The fourth-order valence-electron chi connectivity index (χ4n) is 2.87. The van der Waals surface area contributed by atoms with Crippen LogP contribution in [-0.2, 0) is 0 Å². The molecule has 0 radical (unpaired) electrons. The van der Waals surface area contributed by atoms with E-state index in [9.17, 15) is 18.3 Å². The molecule has 28 heavy (non-hydrogen) atoms. The van der Waals surface area contributed by atoms with Crippen LogP contribution in [0.4, 0.5) is 18.3 Å². The highest BCUT2D eigenvalue weighted by Gasteiger charge is 2.62. The van der Waals surface area contributed by atoms with Gasteiger partial charge >= 0.3 is 6.18 Å². The number of hydrogen-bond donors (Lipinski definition) is 1. The van der Waals surface area contributed by atoms with Crippen LogP contribution in [-0.4, -0.2) is 27.7 Å². The molecule has 0 bridgehead atoms. The van der Waals surface area contributed by atoms with Crippen LogP contribution >= 0.6 is 22.9 Å². The van der Waals surface area contributed by atoms with Crippen molar-refractivity contribution >= 4 is 33.8 Å². The molecule has 1 N–H and O–H groups in total. The first-order chi connectivity index (χ1) is 13.3. The van der Waals surface area contributed by atoms with E-state index in [1.165, 1.54) is 0 Å². The maximum atomic E-state index is 13.7. The molecular weight excluding hydrogens is 411 g/mol. The molecule has 0 amide bonds. The van der Waals surface area contributed by atoms with E-state index in [0.717, 1.165) is 11.3 Å². The number of thiazole rings is 1. The lowest BCUT2D eigenvalue weighted by molar-refractivity contribution is -0.254. The molecule has 4 nitrogen and oxygen atoms in total. The summed E-state index contributed by atoms with van der Waals surface area (Å²) in [5, 5.41) is 17.3. The van der Waals surface area contributed by atoms with Gasteiger partial charge in [0.1, 0.15) is 0 Å². The van der Waals surface area contributed by atoms with E-state index < -0.39 is 18.3 Å². The molecule has 1 aliphatic rings. The maximum Gasteiger partial charge on any atom is 0.438 e. The van der Waals surface area contributed by atoms with Gasteiger partial charge < -0.3 is 5.11 Å². The number of aromatic nitrogens is 1. The van der Waals surface area contributed by atoms with Crippen molar-refractivity contribution in [2.24, 2.45) is 5.10 Å². The highest BCUT2D eigenvalue weighted by molar-refractivity contribution is 7.14. The number of rotatable bonds is 3. The largest absolute Gasteiger partial charge is 0.438 e. The zero-order valence-corrected chi connectivity index (χ0v) is 15.8. The predicted molar refractivity (Wildman–Crippen MR) is 104 cm³/mol. The summed E-state index contributed by atoms with van der Waals surface area (Å²) in [6, 6.07) is 15.3. The monoisotopic (exact) mass is 423 g/mol. The SMILES string of the molecule is O[C@@]1(C(F)(F)F)CC(c2ccccc2)=NN1c1nc(-c2ccc(Cl)cc2)cs1. The minimum atomic E-state index is -4.92. The molecule has 3 aromatic rings. The molecule has 0 saturated carbocycles. The van der Waals surface area contributed by atoms with Crippen molar-refractivity contribution in [3.8, 4) is 11.3 Å². The van der Waals surface area contributed by atoms with Crippen molar-refractivity contribution < 1.29 is 18.3 Å². The smallest absolute Gasteiger partial charge is 0.362 e. The molecule has 2 aromatic carbocycles. The first kappa shape index (κ1) is 18.9. The summed E-state index contributed by atoms with van der Waals surface area (Å²) in [6.45, 7) is 0. The summed E-state index contributed by atoms with van der Waals surface area (Å²) in [6.07, 6.45) is -5.60. The van der Waals surface area contributed by atoms with Crippen LogP contribution < -0.4 is 5.01 Å². The number of aliphatic hydroxyl groups is 1. The molecule has 2 heterocycles. The van der Waals surface area contributed by atoms with Crippen molar-refractivity contribution in [1.82, 2.24) is 4.98 Å². The second-order valence-corrected chi connectivity index (χ2v) is 7.51. The van der Waals surface area contributed by atoms with Crippen LogP contribution in [0.25, 0.3) is 11.3 Å². The van der Waals surface area contributed by atoms with Crippen molar-refractivity contribution in [2.75, 3.05) is 5.01 Å². The number of hydrazone groups is 1. The summed E-state index contributed by atoms with van der Waals surface area (Å²) in [4.78, 5) is 4.26. The van der Waals surface area contributed by atoms with Gasteiger partial charge in [-0.1, -0.05) is 54.1 Å². The van der Waals surface area contributed by atoms with Gasteiger partial charge in [0, 0.05) is 16.0 Å². The highest BCUT2D eigenvalue weighted by atomic mass is 35.5. The standard InChI is InChI=1S/C19H13ClF3N3OS/c20-14-8-6-13(7-9-14)16-11-28-17(24-16)26-18(27,19(21,22)23)10-15(25-26)12-4-2-1-3-5-12/h1-9,11,27H,10H2/t18-/m1/s1. The van der Waals surface area contributed by atoms with Crippen LogP contribution in [0.15, 0.2) is 65.1 Å². The van der Waals surface area contributed by atoms with Crippen molar-refractivity contribution in [2.45, 2.75) is 18.3 Å². The summed E-state index contributed by atoms with van der Waals surface area (Å²) in [5.41, 5.74) is -1.32. The van der Waals surface area contributed by atoms with E-state index in [2.05, 4.69) is 10.1 Å². The molecule has 0 spiro atoms. The van der Waals surface area contributed by atoms with Gasteiger partial charge in [0.15, 0.2) is 0 Å². The van der Waals surface area contributed by atoms with E-state index in [1.54, 1.807) is 60.0 Å². The first-order valence-corrected chi connectivity index (χ1v) is 9.47. The molecule has 0 unspecified atom stereocenters. The van der Waals surface area contributed by atoms with Crippen molar-refractivity contribution in [3.63, 3.8) is 0 Å². The third-order valence-electron chi connectivity index (χ3n) is 4.36. The Morgan fingerprint density at radius 2 is 1.71 bits per heavy atom. The third-order valence-corrected chi connectivity index (χ3v) is 5.43. The maximum absolute atomic E-state index is 13.7. The van der Waals surface area contributed by atoms with E-state index in [0.29, 0.717) is 26.9 Å². The lowest BCUT2D eigenvalue weighted by Gasteiger charge is -2.32. The molecule has 1 aliphatic heterocycles. The molecule has 1 aromatic heterocycles. The van der Waals surface area contributed by atoms with E-state index in [-0.39, 0.29) is 10.8 Å². The second kappa shape index (κ2) is 6.88. The van der Waals surface area contributed by atoms with Crippen molar-refractivity contribution in [1.29, 1.82) is 0 Å². The van der Waals surface area contributed by atoms with Crippen molar-refractivity contribution in [3.05, 3.63) is 70.6 Å². The lowest BCUT2D eigenvalue weighted by Crippen LogP contribution is -2.55. The third kappa shape index (κ3) is 3.28. The molecular formula is C19H13ClF3N3OS. The number of hydrogen-bond acceptors (Lipinski definition) is 5. The fourth-order valence-corrected chi connectivity index (χ4v) is 3.85. The van der Waals surface area contributed by atoms with Crippen LogP contribution in [0.5, 0.6) is 0 Å². The van der Waals surface area contributed by atoms with Gasteiger partial charge in [-0.15, -0.1) is 11.3 Å². The number of anilines is 1. The molecule has 9 heteroatoms. The Morgan fingerprint density at radius 1 is 1.04 bits per heavy atom. The first-order valence-electron chi connectivity index (χ1n) is 8.22. The number of alkyl halides is 3. The quantitative estimate of drug-likeness (QED) is 0.619. The molecule has 0 aliphatic carbocycles. The zero-order chi connectivity index (χ0) is 19.9. The number of benzene rings is 2. The summed E-state index contributed by atoms with van der Waals surface area (Å²) < 4.78 is 41.2.